The predicted octanol–water partition coefficient (Wildman–Crippen LogP) is 2.90. The molecule has 0 aliphatic heterocycles. The molecule has 6 nitrogen and oxygen atoms in total. The summed E-state index contributed by atoms with van der Waals surface area (Å²) in [5.41, 5.74) is 2.72. The van der Waals surface area contributed by atoms with Gasteiger partial charge in [0, 0.05) is 30.0 Å². The van der Waals surface area contributed by atoms with E-state index in [0.717, 1.165) is 0 Å². The molecule has 0 fully saturated rings. The van der Waals surface area contributed by atoms with Crippen LogP contribution in [0.5, 0.6) is 11.6 Å². The Labute approximate surface area is 133 Å². The first-order valence-electron chi connectivity index (χ1n) is 6.56. The lowest BCUT2D eigenvalue weighted by Gasteiger charge is -2.08. The fourth-order valence-electron chi connectivity index (χ4n) is 1.68. The van der Waals surface area contributed by atoms with Gasteiger partial charge in [0.1, 0.15) is 5.75 Å². The zero-order chi connectivity index (χ0) is 15.8. The molecule has 2 rings (SSSR count). The summed E-state index contributed by atoms with van der Waals surface area (Å²) in [6.07, 6.45) is 1.57. The molecule has 0 atom stereocenters. The number of rotatable bonds is 6. The number of hydroxylamine groups is 1. The Morgan fingerprint density at radius 2 is 2.09 bits per heavy atom. The van der Waals surface area contributed by atoms with Gasteiger partial charge in [-0.3, -0.25) is 15.7 Å². The number of benzene rings is 1. The van der Waals surface area contributed by atoms with Gasteiger partial charge in [-0.05, 0) is 30.3 Å². The van der Waals surface area contributed by atoms with E-state index in [1.807, 2.05) is 0 Å². The molecule has 0 spiro atoms. The number of ether oxygens (including phenoxy) is 2. The maximum Gasteiger partial charge on any atom is 0.219 e. The molecule has 0 unspecified atom stereocenters. The number of halogens is 1. The second kappa shape index (κ2) is 8.33. The lowest BCUT2D eigenvalue weighted by molar-refractivity contribution is 0.206. The Balaban J connectivity index is 2.14. The predicted molar refractivity (Wildman–Crippen MR) is 84.0 cm³/mol. The minimum atomic E-state index is 0.320. The quantitative estimate of drug-likeness (QED) is 0.370. The molecule has 2 N–H and O–H groups in total. The molecule has 0 radical (unpaired) electrons. The summed E-state index contributed by atoms with van der Waals surface area (Å²) in [6.45, 7) is 0.888. The molecule has 7 heteroatoms. The second-order valence-corrected chi connectivity index (χ2v) is 4.71. The van der Waals surface area contributed by atoms with Crippen molar-refractivity contribution in [2.45, 2.75) is 0 Å². The number of pyridine rings is 1. The monoisotopic (exact) mass is 321 g/mol. The standard InChI is InChI=1S/C15H16ClN3O3/c1-21-9-8-18-15(19-20)11-6-7-17-14(10-11)22-13-4-2-12(16)3-5-13/h2-7,10,20H,8-9H2,1H3,(H,18,19). The number of methoxy groups -OCH3 is 1. The summed E-state index contributed by atoms with van der Waals surface area (Å²) < 4.78 is 10.6. The topological polar surface area (TPSA) is 76.0 Å². The lowest BCUT2D eigenvalue weighted by Crippen LogP contribution is -2.21. The lowest BCUT2D eigenvalue weighted by atomic mass is 10.2. The Kier molecular flexibility index (Phi) is 6.14. The van der Waals surface area contributed by atoms with Crippen molar-refractivity contribution < 1.29 is 14.7 Å². The van der Waals surface area contributed by atoms with Crippen LogP contribution in [0.25, 0.3) is 0 Å². The van der Waals surface area contributed by atoms with Crippen LogP contribution in [0.15, 0.2) is 47.6 Å². The van der Waals surface area contributed by atoms with Crippen molar-refractivity contribution in [3.63, 3.8) is 0 Å². The van der Waals surface area contributed by atoms with Gasteiger partial charge in [-0.2, -0.15) is 0 Å². The molecule has 2 aromatic rings. The van der Waals surface area contributed by atoms with Crippen molar-refractivity contribution in [1.29, 1.82) is 0 Å². The molecule has 0 saturated carbocycles. The first-order chi connectivity index (χ1) is 10.7. The van der Waals surface area contributed by atoms with Crippen LogP contribution < -0.4 is 10.2 Å². The van der Waals surface area contributed by atoms with Crippen LogP contribution in [0.4, 0.5) is 0 Å². The number of aliphatic imine (C=N–C) groups is 1. The molecule has 0 aliphatic carbocycles. The number of nitrogens with one attached hydrogen (secondary N) is 1. The van der Waals surface area contributed by atoms with E-state index in [9.17, 15) is 5.21 Å². The molecule has 1 aromatic carbocycles. The average Bonchev–Trinajstić information content (AvgIpc) is 2.54. The normalized spacial score (nSPS) is 11.3. The van der Waals surface area contributed by atoms with E-state index < -0.39 is 0 Å². The van der Waals surface area contributed by atoms with Gasteiger partial charge in [-0.15, -0.1) is 0 Å². The summed E-state index contributed by atoms with van der Waals surface area (Å²) in [4.78, 5) is 8.32. The summed E-state index contributed by atoms with van der Waals surface area (Å²) in [5, 5.41) is 9.82. The van der Waals surface area contributed by atoms with Gasteiger partial charge in [0.15, 0.2) is 5.84 Å². The number of amidine groups is 1. The van der Waals surface area contributed by atoms with E-state index in [4.69, 9.17) is 21.1 Å². The van der Waals surface area contributed by atoms with Gasteiger partial charge < -0.3 is 9.47 Å². The minimum Gasteiger partial charge on any atom is -0.439 e. The molecule has 1 heterocycles. The van der Waals surface area contributed by atoms with Crippen molar-refractivity contribution >= 4 is 17.4 Å². The summed E-state index contributed by atoms with van der Waals surface area (Å²) in [5.74, 6) is 1.32. The number of aromatic nitrogens is 1. The molecule has 0 aliphatic rings. The third kappa shape index (κ3) is 4.70. The summed E-state index contributed by atoms with van der Waals surface area (Å²) in [7, 11) is 1.59. The van der Waals surface area contributed by atoms with E-state index in [1.165, 1.54) is 0 Å². The highest BCUT2D eigenvalue weighted by molar-refractivity contribution is 6.30. The van der Waals surface area contributed by atoms with Crippen LogP contribution in [0.2, 0.25) is 5.02 Å². The van der Waals surface area contributed by atoms with Crippen LogP contribution >= 0.6 is 11.6 Å². The summed E-state index contributed by atoms with van der Waals surface area (Å²) in [6, 6.07) is 10.3. The van der Waals surface area contributed by atoms with E-state index in [2.05, 4.69) is 15.5 Å². The highest BCUT2D eigenvalue weighted by Gasteiger charge is 2.06. The maximum absolute atomic E-state index is 9.19. The van der Waals surface area contributed by atoms with Crippen LogP contribution in [-0.2, 0) is 4.74 Å². The van der Waals surface area contributed by atoms with Crippen molar-refractivity contribution in [3.8, 4) is 11.6 Å². The third-order valence-corrected chi connectivity index (χ3v) is 2.97. The number of hydrogen-bond acceptors (Lipinski definition) is 5. The Morgan fingerprint density at radius 1 is 1.32 bits per heavy atom. The number of hydrogen-bond donors (Lipinski definition) is 2. The van der Waals surface area contributed by atoms with Crippen molar-refractivity contribution in [2.24, 2.45) is 4.99 Å². The van der Waals surface area contributed by atoms with Gasteiger partial charge in [0.2, 0.25) is 5.88 Å². The van der Waals surface area contributed by atoms with Gasteiger partial charge >= 0.3 is 0 Å². The van der Waals surface area contributed by atoms with Crippen molar-refractivity contribution in [1.82, 2.24) is 10.5 Å². The Hall–Kier alpha value is -2.15. The molecule has 0 saturated heterocycles. The maximum atomic E-state index is 9.19. The van der Waals surface area contributed by atoms with Crippen LogP contribution in [0.3, 0.4) is 0 Å². The first-order valence-corrected chi connectivity index (χ1v) is 6.94. The fraction of sp³-hybridized carbons (Fsp3) is 0.200. The largest absolute Gasteiger partial charge is 0.439 e. The SMILES string of the molecule is COCCN=C(NO)c1ccnc(Oc2ccc(Cl)cc2)c1. The number of nitrogens with zero attached hydrogens (tertiary/aromatic N) is 2. The fourth-order valence-corrected chi connectivity index (χ4v) is 1.80. The molecule has 0 amide bonds. The van der Waals surface area contributed by atoms with E-state index in [0.29, 0.717) is 41.2 Å². The van der Waals surface area contributed by atoms with E-state index >= 15 is 0 Å². The van der Waals surface area contributed by atoms with E-state index in [1.54, 1.807) is 49.7 Å². The van der Waals surface area contributed by atoms with Gasteiger partial charge in [0.05, 0.1) is 13.2 Å². The Bertz CT molecular complexity index is 632. The molecule has 1 aromatic heterocycles. The third-order valence-electron chi connectivity index (χ3n) is 2.72. The molecule has 0 bridgehead atoms. The summed E-state index contributed by atoms with van der Waals surface area (Å²) >= 11 is 5.83. The molecular weight excluding hydrogens is 306 g/mol. The zero-order valence-electron chi connectivity index (χ0n) is 12.0. The van der Waals surface area contributed by atoms with Crippen LogP contribution in [-0.4, -0.2) is 36.3 Å². The molecule has 22 heavy (non-hydrogen) atoms. The highest BCUT2D eigenvalue weighted by Crippen LogP contribution is 2.22. The second-order valence-electron chi connectivity index (χ2n) is 4.27. The van der Waals surface area contributed by atoms with Gasteiger partial charge in [-0.25, -0.2) is 4.98 Å². The van der Waals surface area contributed by atoms with Gasteiger partial charge in [-0.1, -0.05) is 11.6 Å². The van der Waals surface area contributed by atoms with Crippen LogP contribution in [0.1, 0.15) is 5.56 Å². The molecular formula is C15H16ClN3O3. The molecule has 116 valence electrons. The van der Waals surface area contributed by atoms with Gasteiger partial charge in [0.25, 0.3) is 0 Å². The average molecular weight is 322 g/mol. The van der Waals surface area contributed by atoms with E-state index in [-0.39, 0.29) is 0 Å². The zero-order valence-corrected chi connectivity index (χ0v) is 12.7. The highest BCUT2D eigenvalue weighted by atomic mass is 35.5. The van der Waals surface area contributed by atoms with Crippen molar-refractivity contribution in [3.05, 3.63) is 53.2 Å². The first kappa shape index (κ1) is 16.2. The minimum absolute atomic E-state index is 0.320. The Morgan fingerprint density at radius 3 is 2.77 bits per heavy atom. The smallest absolute Gasteiger partial charge is 0.219 e. The van der Waals surface area contributed by atoms with Crippen LogP contribution in [0, 0.1) is 0 Å². The van der Waals surface area contributed by atoms with Crippen molar-refractivity contribution in [2.75, 3.05) is 20.3 Å².